The molecule has 3 rings (SSSR count). The Kier molecular flexibility index (Phi) is 7.73. The number of methoxy groups -OCH3 is 1. The highest BCUT2D eigenvalue weighted by Gasteiger charge is 2.18. The number of nitrogens with one attached hydrogen (secondary N) is 3. The second kappa shape index (κ2) is 10.7. The fourth-order valence-electron chi connectivity index (χ4n) is 3.36. The number of carbonyl (C=O) groups excluding carboxylic acids is 3. The highest BCUT2D eigenvalue weighted by Crippen LogP contribution is 2.28. The molecule has 3 N–H and O–H groups in total. The Morgan fingerprint density at radius 1 is 0.882 bits per heavy atom. The molecule has 0 saturated carbocycles. The number of hydrogen-bond donors (Lipinski definition) is 3. The molecule has 0 atom stereocenters. The molecule has 8 heteroatoms. The van der Waals surface area contributed by atoms with Crippen LogP contribution < -0.4 is 20.7 Å². The van der Waals surface area contributed by atoms with Crippen LogP contribution in [0.4, 0.5) is 16.2 Å². The number of carbonyl (C=O) groups is 3. The molecule has 0 saturated heterocycles. The maximum Gasteiger partial charge on any atom is 0.412 e. The van der Waals surface area contributed by atoms with E-state index in [9.17, 15) is 14.4 Å². The lowest BCUT2D eigenvalue weighted by atomic mass is 10.0. The van der Waals surface area contributed by atoms with Crippen molar-refractivity contribution in [2.75, 3.05) is 24.3 Å². The van der Waals surface area contributed by atoms with Gasteiger partial charge in [0.05, 0.1) is 25.8 Å². The van der Waals surface area contributed by atoms with Gasteiger partial charge in [0.15, 0.2) is 0 Å². The average Bonchev–Trinajstić information content (AvgIpc) is 2.77. The maximum atomic E-state index is 12.4. The maximum absolute atomic E-state index is 12.4. The van der Waals surface area contributed by atoms with Gasteiger partial charge in [-0.1, -0.05) is 42.5 Å². The Labute approximate surface area is 198 Å². The minimum atomic E-state index is -0.659. The second-order valence-corrected chi connectivity index (χ2v) is 8.68. The Morgan fingerprint density at radius 3 is 2.35 bits per heavy atom. The van der Waals surface area contributed by atoms with E-state index in [0.717, 1.165) is 16.3 Å². The standard InChI is InChI=1S/C26H29N3O5/c1-26(2,3)34-25(32)29-21-15-19(12-13-22(21)33-4)28-24(31)16-27-23(30)14-18-10-7-9-17-8-5-6-11-20(17)18/h5-13,15H,14,16H2,1-4H3,(H,27,30)(H,28,31)(H,29,32). The van der Waals surface area contributed by atoms with Gasteiger partial charge in [-0.2, -0.15) is 0 Å². The van der Waals surface area contributed by atoms with Crippen molar-refractivity contribution in [3.8, 4) is 5.75 Å². The number of amides is 3. The van der Waals surface area contributed by atoms with Crippen molar-refractivity contribution < 1.29 is 23.9 Å². The van der Waals surface area contributed by atoms with Gasteiger partial charge in [-0.15, -0.1) is 0 Å². The van der Waals surface area contributed by atoms with Gasteiger partial charge in [-0.3, -0.25) is 14.9 Å². The molecule has 3 aromatic carbocycles. The molecule has 178 valence electrons. The van der Waals surface area contributed by atoms with Crippen molar-refractivity contribution in [1.82, 2.24) is 5.32 Å². The fourth-order valence-corrected chi connectivity index (χ4v) is 3.36. The third-order valence-corrected chi connectivity index (χ3v) is 4.80. The molecule has 34 heavy (non-hydrogen) atoms. The molecule has 8 nitrogen and oxygen atoms in total. The Morgan fingerprint density at radius 2 is 1.62 bits per heavy atom. The molecule has 0 radical (unpaired) electrons. The van der Waals surface area contributed by atoms with Gasteiger partial charge in [0, 0.05) is 5.69 Å². The summed E-state index contributed by atoms with van der Waals surface area (Å²) < 4.78 is 10.5. The van der Waals surface area contributed by atoms with Gasteiger partial charge in [-0.05, 0) is 55.3 Å². The summed E-state index contributed by atoms with van der Waals surface area (Å²) in [5, 5.41) is 10.0. The molecule has 0 unspecified atom stereocenters. The number of rotatable bonds is 7. The Bertz CT molecular complexity index is 1200. The lowest BCUT2D eigenvalue weighted by molar-refractivity contribution is -0.123. The summed E-state index contributed by atoms with van der Waals surface area (Å²) in [6.07, 6.45) is -0.476. The van der Waals surface area contributed by atoms with Crippen molar-refractivity contribution in [2.45, 2.75) is 32.8 Å². The monoisotopic (exact) mass is 463 g/mol. The van der Waals surface area contributed by atoms with Crippen LogP contribution in [0.1, 0.15) is 26.3 Å². The zero-order valence-electron chi connectivity index (χ0n) is 19.7. The van der Waals surface area contributed by atoms with Gasteiger partial charge >= 0.3 is 6.09 Å². The van der Waals surface area contributed by atoms with Crippen molar-refractivity contribution in [3.63, 3.8) is 0 Å². The smallest absolute Gasteiger partial charge is 0.412 e. The molecule has 3 aromatic rings. The van der Waals surface area contributed by atoms with Crippen LogP contribution in [0.25, 0.3) is 10.8 Å². The number of fused-ring (bicyclic) bond motifs is 1. The summed E-state index contributed by atoms with van der Waals surface area (Å²) in [5.41, 5.74) is 1.01. The van der Waals surface area contributed by atoms with Crippen LogP contribution in [0.5, 0.6) is 5.75 Å². The molecule has 0 heterocycles. The van der Waals surface area contributed by atoms with Crippen LogP contribution >= 0.6 is 0 Å². The first kappa shape index (κ1) is 24.6. The summed E-state index contributed by atoms with van der Waals surface area (Å²) in [5.74, 6) is -0.250. The van der Waals surface area contributed by atoms with E-state index in [1.54, 1.807) is 39.0 Å². The molecule has 0 fully saturated rings. The summed E-state index contributed by atoms with van der Waals surface area (Å²) in [7, 11) is 1.47. The quantitative estimate of drug-likeness (QED) is 0.479. The fraction of sp³-hybridized carbons (Fsp3) is 0.269. The number of anilines is 2. The van der Waals surface area contributed by atoms with Gasteiger partial charge in [0.1, 0.15) is 11.4 Å². The molecule has 0 aliphatic rings. The van der Waals surface area contributed by atoms with Crippen molar-refractivity contribution in [3.05, 3.63) is 66.2 Å². The molecule has 0 aliphatic heterocycles. The highest BCUT2D eigenvalue weighted by atomic mass is 16.6. The lowest BCUT2D eigenvalue weighted by Crippen LogP contribution is -2.33. The van der Waals surface area contributed by atoms with Gasteiger partial charge < -0.3 is 20.1 Å². The summed E-state index contributed by atoms with van der Waals surface area (Å²) in [6.45, 7) is 5.09. The third-order valence-electron chi connectivity index (χ3n) is 4.80. The van der Waals surface area contributed by atoms with E-state index in [1.165, 1.54) is 7.11 Å². The van der Waals surface area contributed by atoms with E-state index in [0.29, 0.717) is 17.1 Å². The summed E-state index contributed by atoms with van der Waals surface area (Å²) in [6, 6.07) is 18.4. The van der Waals surface area contributed by atoms with Crippen LogP contribution in [0, 0.1) is 0 Å². The average molecular weight is 464 g/mol. The first-order valence-electron chi connectivity index (χ1n) is 10.9. The van der Waals surface area contributed by atoms with E-state index >= 15 is 0 Å². The van der Waals surface area contributed by atoms with E-state index in [1.807, 2.05) is 42.5 Å². The predicted molar refractivity (Wildman–Crippen MR) is 132 cm³/mol. The van der Waals surface area contributed by atoms with Gasteiger partial charge in [0.2, 0.25) is 11.8 Å². The number of ether oxygens (including phenoxy) is 2. The lowest BCUT2D eigenvalue weighted by Gasteiger charge is -2.20. The zero-order valence-corrected chi connectivity index (χ0v) is 19.7. The van der Waals surface area contributed by atoms with Gasteiger partial charge in [-0.25, -0.2) is 4.79 Å². The first-order valence-corrected chi connectivity index (χ1v) is 10.9. The van der Waals surface area contributed by atoms with E-state index in [-0.39, 0.29) is 18.9 Å². The Balaban J connectivity index is 1.57. The van der Waals surface area contributed by atoms with Crippen molar-refractivity contribution in [1.29, 1.82) is 0 Å². The van der Waals surface area contributed by atoms with Gasteiger partial charge in [0.25, 0.3) is 0 Å². The van der Waals surface area contributed by atoms with E-state index in [2.05, 4.69) is 16.0 Å². The second-order valence-electron chi connectivity index (χ2n) is 8.68. The molecule has 0 bridgehead atoms. The minimum Gasteiger partial charge on any atom is -0.495 e. The van der Waals surface area contributed by atoms with Crippen LogP contribution in [0.3, 0.4) is 0 Å². The normalized spacial score (nSPS) is 10.9. The van der Waals surface area contributed by atoms with Crippen molar-refractivity contribution in [2.24, 2.45) is 0 Å². The van der Waals surface area contributed by atoms with Crippen molar-refractivity contribution >= 4 is 40.1 Å². The first-order chi connectivity index (χ1) is 16.1. The zero-order chi connectivity index (χ0) is 24.7. The topological polar surface area (TPSA) is 106 Å². The number of hydrogen-bond acceptors (Lipinski definition) is 5. The molecule has 0 aromatic heterocycles. The van der Waals surface area contributed by atoms with Crippen LogP contribution in [-0.4, -0.2) is 37.2 Å². The molecular weight excluding hydrogens is 434 g/mol. The molecular formula is C26H29N3O5. The summed E-state index contributed by atoms with van der Waals surface area (Å²) in [4.78, 5) is 36.9. The van der Waals surface area contributed by atoms with Crippen LogP contribution in [0.15, 0.2) is 60.7 Å². The molecule has 0 aliphatic carbocycles. The molecule has 0 spiro atoms. The third kappa shape index (κ3) is 6.96. The highest BCUT2D eigenvalue weighted by molar-refractivity contribution is 5.97. The van der Waals surface area contributed by atoms with E-state index < -0.39 is 17.6 Å². The SMILES string of the molecule is COc1ccc(NC(=O)CNC(=O)Cc2cccc3ccccc23)cc1NC(=O)OC(C)(C)C. The minimum absolute atomic E-state index is 0.168. The Hall–Kier alpha value is -4.07. The molecule has 3 amide bonds. The van der Waals surface area contributed by atoms with Crippen LogP contribution in [0.2, 0.25) is 0 Å². The largest absolute Gasteiger partial charge is 0.495 e. The predicted octanol–water partition coefficient (Wildman–Crippen LogP) is 4.49. The summed E-state index contributed by atoms with van der Waals surface area (Å²) >= 11 is 0. The number of benzene rings is 3. The van der Waals surface area contributed by atoms with E-state index in [4.69, 9.17) is 9.47 Å². The van der Waals surface area contributed by atoms with Crippen LogP contribution in [-0.2, 0) is 20.7 Å².